The minimum Gasteiger partial charge on any atom is -0.276 e. The van der Waals surface area contributed by atoms with Crippen LogP contribution in [-0.2, 0) is 6.42 Å². The highest BCUT2D eigenvalue weighted by Crippen LogP contribution is 2.45. The summed E-state index contributed by atoms with van der Waals surface area (Å²) in [5, 5.41) is 6.20. The van der Waals surface area contributed by atoms with Crippen molar-refractivity contribution in [2.24, 2.45) is 0 Å². The zero-order valence-corrected chi connectivity index (χ0v) is 27.3. The number of aromatic nitrogens is 3. The number of benzene rings is 7. The number of pyridine rings is 1. The van der Waals surface area contributed by atoms with Crippen LogP contribution in [0, 0.1) is 0 Å². The van der Waals surface area contributed by atoms with Crippen LogP contribution in [0.15, 0.2) is 163 Å². The smallest absolute Gasteiger partial charge is 0.263 e. The van der Waals surface area contributed by atoms with Crippen molar-refractivity contribution in [2.75, 3.05) is 0 Å². The molecule has 2 aromatic heterocycles. The molecule has 4 nitrogen and oxygen atoms in total. The molecule has 1 aliphatic carbocycles. The number of fused-ring (bicyclic) bond motifs is 8. The molecule has 10 rings (SSSR count). The molecule has 9 aromatic rings. The van der Waals surface area contributed by atoms with Crippen LogP contribution in [0.3, 0.4) is 0 Å². The van der Waals surface area contributed by atoms with Crippen LogP contribution in [-0.4, -0.2) is 14.5 Å². The summed E-state index contributed by atoms with van der Waals surface area (Å²) in [4.78, 5) is 24.8. The van der Waals surface area contributed by atoms with Crippen molar-refractivity contribution in [1.29, 1.82) is 0 Å². The van der Waals surface area contributed by atoms with Gasteiger partial charge in [-0.1, -0.05) is 109 Å². The molecule has 0 fully saturated rings. The van der Waals surface area contributed by atoms with E-state index in [4.69, 9.17) is 9.97 Å². The maximum atomic E-state index is 14.2. The average molecular weight is 642 g/mol. The summed E-state index contributed by atoms with van der Waals surface area (Å²) >= 11 is 0. The fourth-order valence-corrected chi connectivity index (χ4v) is 8.03. The summed E-state index contributed by atoms with van der Waals surface area (Å²) in [5.41, 5.74) is 9.63. The highest BCUT2D eigenvalue weighted by molar-refractivity contribution is 6.08. The standard InChI is InChI=1S/C46H31N3O/c50-46-36-20-10-9-19-34(36)41-28-38-32(27-43(41)49(46)33-17-5-2-6-18-33)23-24-35(39-25-30-15-7-8-16-31(30)26-40(38)39)45-47-42-22-12-11-21-37(42)44(48-45)29-13-3-1-4-14-29/h1-22,25-28,35H,23-24H2. The van der Waals surface area contributed by atoms with Crippen LogP contribution in [0.5, 0.6) is 0 Å². The zero-order chi connectivity index (χ0) is 33.2. The van der Waals surface area contributed by atoms with E-state index in [1.165, 1.54) is 33.0 Å². The van der Waals surface area contributed by atoms with Gasteiger partial charge in [0.05, 0.1) is 16.7 Å². The molecule has 1 atom stereocenters. The molecule has 2 heterocycles. The van der Waals surface area contributed by atoms with Gasteiger partial charge < -0.3 is 0 Å². The highest BCUT2D eigenvalue weighted by Gasteiger charge is 2.28. The van der Waals surface area contributed by atoms with Crippen molar-refractivity contribution >= 4 is 43.4 Å². The lowest BCUT2D eigenvalue weighted by atomic mass is 9.87. The molecule has 0 spiro atoms. The average Bonchev–Trinajstić information content (AvgIpc) is 3.33. The van der Waals surface area contributed by atoms with Gasteiger partial charge in [0.1, 0.15) is 5.82 Å². The molecule has 7 aromatic carbocycles. The number of para-hydroxylation sites is 2. The quantitative estimate of drug-likeness (QED) is 0.180. The monoisotopic (exact) mass is 641 g/mol. The van der Waals surface area contributed by atoms with Crippen molar-refractivity contribution in [2.45, 2.75) is 18.8 Å². The van der Waals surface area contributed by atoms with Gasteiger partial charge in [0.25, 0.3) is 5.56 Å². The van der Waals surface area contributed by atoms with Gasteiger partial charge in [-0.25, -0.2) is 9.97 Å². The summed E-state index contributed by atoms with van der Waals surface area (Å²) < 4.78 is 1.89. The number of hydrogen-bond acceptors (Lipinski definition) is 3. The summed E-state index contributed by atoms with van der Waals surface area (Å²) in [7, 11) is 0. The minimum atomic E-state index is -0.0368. The Bertz CT molecular complexity index is 2840. The molecule has 4 heteroatoms. The Hall–Kier alpha value is -6.39. The third-order valence-electron chi connectivity index (χ3n) is 10.4. The molecule has 1 aliphatic rings. The zero-order valence-electron chi connectivity index (χ0n) is 27.3. The summed E-state index contributed by atoms with van der Waals surface area (Å²) in [6, 6.07) is 54.7. The van der Waals surface area contributed by atoms with Gasteiger partial charge >= 0.3 is 0 Å². The predicted molar refractivity (Wildman–Crippen MR) is 205 cm³/mol. The van der Waals surface area contributed by atoms with E-state index < -0.39 is 0 Å². The normalized spacial score (nSPS) is 14.1. The number of nitrogens with zero attached hydrogens (tertiary/aromatic N) is 3. The first-order valence-corrected chi connectivity index (χ1v) is 17.2. The van der Waals surface area contributed by atoms with Gasteiger partial charge in [-0.15, -0.1) is 0 Å². The topological polar surface area (TPSA) is 47.8 Å². The van der Waals surface area contributed by atoms with Crippen LogP contribution < -0.4 is 5.56 Å². The molecular formula is C46H31N3O. The van der Waals surface area contributed by atoms with Crippen LogP contribution in [0.1, 0.15) is 29.3 Å². The molecule has 1 unspecified atom stereocenters. The molecule has 236 valence electrons. The summed E-state index contributed by atoms with van der Waals surface area (Å²) in [5.74, 6) is 0.799. The van der Waals surface area contributed by atoms with E-state index in [1.807, 2.05) is 59.2 Å². The lowest BCUT2D eigenvalue weighted by molar-refractivity contribution is 0.685. The van der Waals surface area contributed by atoms with Gasteiger partial charge in [-0.2, -0.15) is 0 Å². The molecule has 0 amide bonds. The second-order valence-corrected chi connectivity index (χ2v) is 13.2. The molecule has 0 radical (unpaired) electrons. The van der Waals surface area contributed by atoms with E-state index >= 15 is 0 Å². The number of rotatable bonds is 3. The van der Waals surface area contributed by atoms with Gasteiger partial charge in [-0.05, 0) is 99.8 Å². The first-order valence-electron chi connectivity index (χ1n) is 17.2. The van der Waals surface area contributed by atoms with E-state index in [2.05, 4.69) is 103 Å². The lowest BCUT2D eigenvalue weighted by Gasteiger charge is -2.20. The second kappa shape index (κ2) is 11.4. The molecule has 0 saturated heterocycles. The van der Waals surface area contributed by atoms with Crippen LogP contribution >= 0.6 is 0 Å². The van der Waals surface area contributed by atoms with Crippen molar-refractivity contribution in [3.63, 3.8) is 0 Å². The SMILES string of the molecule is O=c1c2ccccc2c2cc3c(cc2n1-c1ccccc1)CCC(c1nc(-c2ccccc2)c2ccccc2n1)c1cc2ccccc2cc1-3. The van der Waals surface area contributed by atoms with Crippen molar-refractivity contribution < 1.29 is 0 Å². The maximum Gasteiger partial charge on any atom is 0.263 e. The van der Waals surface area contributed by atoms with E-state index in [1.54, 1.807) is 0 Å². The number of aryl methyl sites for hydroxylation is 1. The minimum absolute atomic E-state index is 0.00449. The van der Waals surface area contributed by atoms with E-state index in [0.717, 1.165) is 62.8 Å². The Morgan fingerprint density at radius 2 is 1.22 bits per heavy atom. The van der Waals surface area contributed by atoms with Crippen LogP contribution in [0.4, 0.5) is 0 Å². The van der Waals surface area contributed by atoms with Gasteiger partial charge in [0.2, 0.25) is 0 Å². The Kier molecular flexibility index (Phi) is 6.50. The maximum absolute atomic E-state index is 14.2. The first-order chi connectivity index (χ1) is 24.7. The third-order valence-corrected chi connectivity index (χ3v) is 10.4. The van der Waals surface area contributed by atoms with Crippen molar-refractivity contribution in [3.05, 3.63) is 185 Å². The fraction of sp³-hybridized carbons (Fsp3) is 0.0652. The Labute approximate surface area is 289 Å². The van der Waals surface area contributed by atoms with E-state index in [0.29, 0.717) is 5.39 Å². The number of hydrogen-bond donors (Lipinski definition) is 0. The molecule has 0 N–H and O–H groups in total. The Morgan fingerprint density at radius 1 is 0.560 bits per heavy atom. The summed E-state index contributed by atoms with van der Waals surface area (Å²) in [6.07, 6.45) is 1.65. The highest BCUT2D eigenvalue weighted by atomic mass is 16.1. The van der Waals surface area contributed by atoms with E-state index in [9.17, 15) is 4.79 Å². The van der Waals surface area contributed by atoms with E-state index in [-0.39, 0.29) is 11.5 Å². The molecule has 0 saturated carbocycles. The molecule has 0 bridgehead atoms. The largest absolute Gasteiger partial charge is 0.276 e. The van der Waals surface area contributed by atoms with Crippen molar-refractivity contribution in [1.82, 2.24) is 14.5 Å². The fourth-order valence-electron chi connectivity index (χ4n) is 8.03. The molecule has 0 aliphatic heterocycles. The van der Waals surface area contributed by atoms with Gasteiger partial charge in [0, 0.05) is 33.3 Å². The third kappa shape index (κ3) is 4.49. The van der Waals surface area contributed by atoms with Gasteiger partial charge in [0.15, 0.2) is 0 Å². The Balaban J connectivity index is 1.27. The second-order valence-electron chi connectivity index (χ2n) is 13.2. The Morgan fingerprint density at radius 3 is 2.02 bits per heavy atom. The van der Waals surface area contributed by atoms with Crippen LogP contribution in [0.2, 0.25) is 0 Å². The van der Waals surface area contributed by atoms with Crippen LogP contribution in [0.25, 0.3) is 71.4 Å². The van der Waals surface area contributed by atoms with Crippen molar-refractivity contribution in [3.8, 4) is 28.1 Å². The summed E-state index contributed by atoms with van der Waals surface area (Å²) in [6.45, 7) is 0. The van der Waals surface area contributed by atoms with Gasteiger partial charge in [-0.3, -0.25) is 9.36 Å². The predicted octanol–water partition coefficient (Wildman–Crippen LogP) is 10.7. The first kappa shape index (κ1) is 28.6. The lowest BCUT2D eigenvalue weighted by Crippen LogP contribution is -2.19. The molecule has 50 heavy (non-hydrogen) atoms. The molecular weight excluding hydrogens is 611 g/mol.